The van der Waals surface area contributed by atoms with Crippen molar-refractivity contribution < 1.29 is 38.1 Å². The Kier molecular flexibility index (Phi) is 9.03. The summed E-state index contributed by atoms with van der Waals surface area (Å²) in [5.41, 5.74) is 1.33. The number of methoxy groups -OCH3 is 2. The maximum atomic E-state index is 12.7. The molecule has 2 rings (SSSR count). The van der Waals surface area contributed by atoms with Gasteiger partial charge in [0.15, 0.2) is 6.04 Å². The number of rotatable bonds is 8. The topological polar surface area (TPSA) is 108 Å². The first-order chi connectivity index (χ1) is 15.0. The molecule has 0 unspecified atom stereocenters. The predicted octanol–water partition coefficient (Wildman–Crippen LogP) is 3.07. The second-order valence-electron chi connectivity index (χ2n) is 6.27. The van der Waals surface area contributed by atoms with Gasteiger partial charge in [0.2, 0.25) is 0 Å². The van der Waals surface area contributed by atoms with E-state index in [9.17, 15) is 19.2 Å². The molecule has 2 aromatic carbocycles. The third kappa shape index (κ3) is 7.14. The number of nitrogens with zero attached hydrogens (tertiary/aromatic N) is 1. The van der Waals surface area contributed by atoms with Crippen LogP contribution in [0, 0.1) is 0 Å². The van der Waals surface area contributed by atoms with Crippen molar-refractivity contribution in [2.45, 2.75) is 25.7 Å². The van der Waals surface area contributed by atoms with Crippen LogP contribution in [-0.2, 0) is 41.8 Å². The fourth-order valence-corrected chi connectivity index (χ4v) is 2.56. The van der Waals surface area contributed by atoms with Gasteiger partial charge in [-0.05, 0) is 11.1 Å². The standard InChI is InChI=1S/C22H23NO8/c1-28-19(24)13-18(20(25)29-2)23(21(26)30-14-16-9-5-3-6-10-16)22(27)31-15-17-11-7-4-8-12-17/h3-12,18H,13-15H2,1-2H3/t18-/m0/s1. The number of carbonyl (C=O) groups is 4. The molecule has 0 aliphatic rings. The number of carbonyl (C=O) groups excluding carboxylic acids is 4. The zero-order chi connectivity index (χ0) is 22.6. The van der Waals surface area contributed by atoms with E-state index in [0.717, 1.165) is 14.2 Å². The Morgan fingerprint density at radius 3 is 1.58 bits per heavy atom. The van der Waals surface area contributed by atoms with Gasteiger partial charge in [0.1, 0.15) is 13.2 Å². The zero-order valence-electron chi connectivity index (χ0n) is 17.2. The summed E-state index contributed by atoms with van der Waals surface area (Å²) in [7, 11) is 2.18. The van der Waals surface area contributed by atoms with Crippen LogP contribution < -0.4 is 0 Å². The fourth-order valence-electron chi connectivity index (χ4n) is 2.56. The summed E-state index contributed by atoms with van der Waals surface area (Å²) in [6.45, 7) is -0.317. The van der Waals surface area contributed by atoms with E-state index in [1.54, 1.807) is 60.7 Å². The highest BCUT2D eigenvalue weighted by Crippen LogP contribution is 2.15. The van der Waals surface area contributed by atoms with Crippen LogP contribution in [0.2, 0.25) is 0 Å². The van der Waals surface area contributed by atoms with Gasteiger partial charge in [-0.25, -0.2) is 14.4 Å². The second kappa shape index (κ2) is 12.0. The molecule has 1 atom stereocenters. The van der Waals surface area contributed by atoms with Gasteiger partial charge in [0.25, 0.3) is 0 Å². The number of benzene rings is 2. The van der Waals surface area contributed by atoms with Gasteiger partial charge in [0.05, 0.1) is 20.6 Å². The van der Waals surface area contributed by atoms with E-state index in [1.165, 1.54) is 0 Å². The summed E-state index contributed by atoms with van der Waals surface area (Å²) in [6, 6.07) is 15.9. The van der Waals surface area contributed by atoms with Gasteiger partial charge < -0.3 is 18.9 Å². The molecule has 9 heteroatoms. The molecule has 2 aromatic rings. The minimum atomic E-state index is -1.62. The number of ether oxygens (including phenoxy) is 4. The monoisotopic (exact) mass is 429 g/mol. The van der Waals surface area contributed by atoms with E-state index in [2.05, 4.69) is 9.47 Å². The third-order valence-corrected chi connectivity index (χ3v) is 4.18. The van der Waals surface area contributed by atoms with Crippen molar-refractivity contribution in [2.24, 2.45) is 0 Å². The predicted molar refractivity (Wildman–Crippen MR) is 108 cm³/mol. The second-order valence-corrected chi connectivity index (χ2v) is 6.27. The molecule has 0 fully saturated rings. The van der Waals surface area contributed by atoms with Crippen molar-refractivity contribution in [2.75, 3.05) is 14.2 Å². The van der Waals surface area contributed by atoms with E-state index >= 15 is 0 Å². The zero-order valence-corrected chi connectivity index (χ0v) is 17.2. The lowest BCUT2D eigenvalue weighted by atomic mass is 10.2. The van der Waals surface area contributed by atoms with Crippen LogP contribution >= 0.6 is 0 Å². The molecule has 0 saturated carbocycles. The first-order valence-electron chi connectivity index (χ1n) is 9.31. The Morgan fingerprint density at radius 1 is 0.742 bits per heavy atom. The fraction of sp³-hybridized carbons (Fsp3) is 0.273. The molecule has 164 valence electrons. The number of hydrogen-bond acceptors (Lipinski definition) is 8. The van der Waals surface area contributed by atoms with Gasteiger partial charge in [-0.15, -0.1) is 0 Å². The van der Waals surface area contributed by atoms with Crippen LogP contribution in [-0.4, -0.2) is 49.3 Å². The molecule has 9 nitrogen and oxygen atoms in total. The Hall–Kier alpha value is -3.88. The minimum Gasteiger partial charge on any atom is -0.469 e. The molecular formula is C22H23NO8. The van der Waals surface area contributed by atoms with Crippen LogP contribution in [0.5, 0.6) is 0 Å². The Morgan fingerprint density at radius 2 is 1.19 bits per heavy atom. The highest BCUT2D eigenvalue weighted by molar-refractivity contribution is 5.95. The summed E-state index contributed by atoms with van der Waals surface area (Å²) in [5.74, 6) is -1.83. The SMILES string of the molecule is COC(=O)C[C@@H](C(=O)OC)N(C(=O)OCc1ccccc1)C(=O)OCc1ccccc1. The maximum absolute atomic E-state index is 12.7. The summed E-state index contributed by atoms with van der Waals surface area (Å²) >= 11 is 0. The van der Waals surface area contributed by atoms with E-state index in [4.69, 9.17) is 9.47 Å². The Bertz CT molecular complexity index is 829. The van der Waals surface area contributed by atoms with Crippen molar-refractivity contribution in [1.29, 1.82) is 0 Å². The lowest BCUT2D eigenvalue weighted by Crippen LogP contribution is -2.50. The molecule has 2 amide bonds. The molecular weight excluding hydrogens is 406 g/mol. The summed E-state index contributed by atoms with van der Waals surface area (Å²) < 4.78 is 19.6. The average Bonchev–Trinajstić information content (AvgIpc) is 2.81. The summed E-state index contributed by atoms with van der Waals surface area (Å²) in [6.07, 6.45) is -2.95. The third-order valence-electron chi connectivity index (χ3n) is 4.18. The van der Waals surface area contributed by atoms with E-state index < -0.39 is 36.6 Å². The van der Waals surface area contributed by atoms with Crippen LogP contribution in [0.4, 0.5) is 9.59 Å². The van der Waals surface area contributed by atoms with Gasteiger partial charge >= 0.3 is 24.1 Å². The molecule has 0 saturated heterocycles. The quantitative estimate of drug-likeness (QED) is 0.465. The molecule has 0 bridgehead atoms. The average molecular weight is 429 g/mol. The number of esters is 2. The molecule has 0 N–H and O–H groups in total. The molecule has 0 radical (unpaired) electrons. The van der Waals surface area contributed by atoms with Crippen LogP contribution in [0.1, 0.15) is 17.5 Å². The maximum Gasteiger partial charge on any atom is 0.420 e. The summed E-state index contributed by atoms with van der Waals surface area (Å²) in [4.78, 5) is 50.0. The first-order valence-corrected chi connectivity index (χ1v) is 9.31. The molecule has 0 heterocycles. The van der Waals surface area contributed by atoms with Crippen molar-refractivity contribution in [3.63, 3.8) is 0 Å². The number of hydrogen-bond donors (Lipinski definition) is 0. The van der Waals surface area contributed by atoms with Crippen molar-refractivity contribution in [1.82, 2.24) is 4.90 Å². The van der Waals surface area contributed by atoms with Crippen molar-refractivity contribution in [3.05, 3.63) is 71.8 Å². The molecule has 0 aromatic heterocycles. The van der Waals surface area contributed by atoms with E-state index in [-0.39, 0.29) is 13.2 Å². The van der Waals surface area contributed by atoms with Crippen molar-refractivity contribution >= 4 is 24.1 Å². The normalized spacial score (nSPS) is 11.0. The van der Waals surface area contributed by atoms with Crippen molar-refractivity contribution in [3.8, 4) is 0 Å². The van der Waals surface area contributed by atoms with Crippen LogP contribution in [0.3, 0.4) is 0 Å². The molecule has 0 aliphatic carbocycles. The summed E-state index contributed by atoms with van der Waals surface area (Å²) in [5, 5.41) is 0. The Labute approximate surface area is 179 Å². The van der Waals surface area contributed by atoms with Gasteiger partial charge in [0, 0.05) is 0 Å². The smallest absolute Gasteiger partial charge is 0.420 e. The van der Waals surface area contributed by atoms with E-state index in [0.29, 0.717) is 16.0 Å². The first kappa shape index (κ1) is 23.4. The highest BCUT2D eigenvalue weighted by atomic mass is 16.6. The van der Waals surface area contributed by atoms with Crippen LogP contribution in [0.15, 0.2) is 60.7 Å². The lowest BCUT2D eigenvalue weighted by molar-refractivity contribution is -0.152. The largest absolute Gasteiger partial charge is 0.469 e. The highest BCUT2D eigenvalue weighted by Gasteiger charge is 2.40. The number of amides is 2. The Balaban J connectivity index is 2.22. The molecule has 0 aliphatic heterocycles. The molecule has 0 spiro atoms. The molecule has 31 heavy (non-hydrogen) atoms. The van der Waals surface area contributed by atoms with Gasteiger partial charge in [-0.1, -0.05) is 60.7 Å². The van der Waals surface area contributed by atoms with Gasteiger partial charge in [-0.2, -0.15) is 4.90 Å². The van der Waals surface area contributed by atoms with E-state index in [1.807, 2.05) is 0 Å². The van der Waals surface area contributed by atoms with Crippen LogP contribution in [0.25, 0.3) is 0 Å². The van der Waals surface area contributed by atoms with Gasteiger partial charge in [-0.3, -0.25) is 4.79 Å². The minimum absolute atomic E-state index is 0.158. The number of imide groups is 1. The lowest BCUT2D eigenvalue weighted by Gasteiger charge is -2.26.